The topological polar surface area (TPSA) is 94.2 Å². The van der Waals surface area contributed by atoms with Crippen molar-refractivity contribution in [3.05, 3.63) is 74.3 Å². The molecule has 0 unspecified atom stereocenters. The van der Waals surface area contributed by atoms with Crippen LogP contribution in [0.5, 0.6) is 5.75 Å². The first-order chi connectivity index (χ1) is 14.6. The van der Waals surface area contributed by atoms with Crippen LogP contribution in [-0.2, 0) is 6.18 Å². The predicted octanol–water partition coefficient (Wildman–Crippen LogP) is 5.26. The van der Waals surface area contributed by atoms with Gasteiger partial charge in [0, 0.05) is 11.8 Å². The number of phenolic OH excluding ortho intramolecular Hbond substituents is 1. The Hall–Kier alpha value is -3.48. The Bertz CT molecular complexity index is 1450. The third-order valence-electron chi connectivity index (χ3n) is 4.57. The van der Waals surface area contributed by atoms with Crippen LogP contribution in [0.3, 0.4) is 0 Å². The van der Waals surface area contributed by atoms with Crippen LogP contribution in [0.1, 0.15) is 11.3 Å². The monoisotopic (exact) mass is 464 g/mol. The van der Waals surface area contributed by atoms with Crippen molar-refractivity contribution in [1.29, 1.82) is 5.26 Å². The lowest BCUT2D eigenvalue weighted by Gasteiger charge is -2.08. The fraction of sp³-hybridized carbons (Fsp3) is 0.0500. The molecule has 6 nitrogen and oxygen atoms in total. The Morgan fingerprint density at radius 1 is 1.10 bits per heavy atom. The molecule has 0 saturated heterocycles. The lowest BCUT2D eigenvalue weighted by molar-refractivity contribution is -0.140. The molecule has 11 heteroatoms. The summed E-state index contributed by atoms with van der Waals surface area (Å²) in [5, 5.41) is 21.3. The van der Waals surface area contributed by atoms with E-state index in [0.29, 0.717) is 4.52 Å². The van der Waals surface area contributed by atoms with Gasteiger partial charge in [-0.25, -0.2) is 4.98 Å². The van der Waals surface area contributed by atoms with Crippen LogP contribution < -0.4 is 5.56 Å². The molecule has 0 aliphatic heterocycles. The molecule has 2 N–H and O–H groups in total. The second-order valence-electron chi connectivity index (χ2n) is 6.47. The predicted molar refractivity (Wildman–Crippen MR) is 108 cm³/mol. The van der Waals surface area contributed by atoms with E-state index >= 15 is 0 Å². The van der Waals surface area contributed by atoms with Crippen LogP contribution in [-0.4, -0.2) is 19.7 Å². The fourth-order valence-electron chi connectivity index (χ4n) is 3.16. The first-order valence-corrected chi connectivity index (χ1v) is 9.27. The molecule has 156 valence electrons. The molecule has 4 aromatic rings. The van der Waals surface area contributed by atoms with Gasteiger partial charge in [0.2, 0.25) is 0 Å². The third kappa shape index (κ3) is 3.50. The van der Waals surface area contributed by atoms with Crippen LogP contribution in [0, 0.1) is 11.3 Å². The van der Waals surface area contributed by atoms with Crippen LogP contribution >= 0.6 is 23.2 Å². The number of aromatic nitrogens is 3. The number of hydrogen-bond donors (Lipinski definition) is 2. The zero-order valence-electron chi connectivity index (χ0n) is 15.1. The van der Waals surface area contributed by atoms with Crippen molar-refractivity contribution in [3.8, 4) is 34.1 Å². The molecule has 0 atom stereocenters. The molecule has 0 aliphatic carbocycles. The van der Waals surface area contributed by atoms with Gasteiger partial charge in [0.15, 0.2) is 5.65 Å². The van der Waals surface area contributed by atoms with E-state index in [1.165, 1.54) is 30.3 Å². The molecule has 0 fully saturated rings. The molecule has 0 saturated carbocycles. The number of aromatic hydroxyl groups is 1. The van der Waals surface area contributed by atoms with Gasteiger partial charge in [0.1, 0.15) is 11.4 Å². The van der Waals surface area contributed by atoms with E-state index in [9.17, 15) is 23.1 Å². The molecule has 0 amide bonds. The average Bonchev–Trinajstić information content (AvgIpc) is 3.12. The zero-order chi connectivity index (χ0) is 22.5. The summed E-state index contributed by atoms with van der Waals surface area (Å²) in [6, 6.07) is 9.56. The second kappa shape index (κ2) is 7.34. The van der Waals surface area contributed by atoms with Crippen molar-refractivity contribution < 1.29 is 18.3 Å². The number of H-pyrrole nitrogens is 1. The van der Waals surface area contributed by atoms with Crippen LogP contribution in [0.15, 0.2) is 47.4 Å². The quantitative estimate of drug-likeness (QED) is 0.423. The minimum absolute atomic E-state index is 0.0187. The maximum Gasteiger partial charge on any atom is 0.433 e. The van der Waals surface area contributed by atoms with Crippen LogP contribution in [0.4, 0.5) is 13.2 Å². The summed E-state index contributed by atoms with van der Waals surface area (Å²) in [6.45, 7) is 0. The van der Waals surface area contributed by atoms with Gasteiger partial charge in [0.25, 0.3) is 5.56 Å². The molecule has 2 aromatic heterocycles. The Labute approximate surface area is 181 Å². The zero-order valence-corrected chi connectivity index (χ0v) is 16.6. The van der Waals surface area contributed by atoms with E-state index < -0.39 is 17.4 Å². The van der Waals surface area contributed by atoms with Gasteiger partial charge in [-0.3, -0.25) is 9.89 Å². The number of halogens is 5. The molecule has 31 heavy (non-hydrogen) atoms. The number of rotatable bonds is 2. The standard InChI is InChI=1S/C20H9Cl2F3N4O2/c21-13-4-2-10(6-14(13)22)16-17(20(23,24)25)28-29-18(16)27-8-12(19(29)31)11-3-1-9(7-26)5-15(11)30/h1-6,8,28,30H. The minimum atomic E-state index is -4.83. The number of hydrogen-bond acceptors (Lipinski definition) is 4. The number of aromatic amines is 1. The number of fused-ring (bicyclic) bond motifs is 1. The van der Waals surface area contributed by atoms with E-state index in [4.69, 9.17) is 28.5 Å². The summed E-state index contributed by atoms with van der Waals surface area (Å²) in [5.41, 5.74) is -2.66. The molecule has 0 radical (unpaired) electrons. The van der Waals surface area contributed by atoms with Gasteiger partial charge in [-0.1, -0.05) is 29.3 Å². The van der Waals surface area contributed by atoms with Gasteiger partial charge in [0.05, 0.1) is 32.8 Å². The SMILES string of the molecule is N#Cc1ccc(-c2cnc3c(-c4ccc(Cl)c(Cl)c4)c(C(F)(F)F)[nH]n3c2=O)c(O)c1. The Morgan fingerprint density at radius 2 is 1.84 bits per heavy atom. The van der Waals surface area contributed by atoms with E-state index in [1.807, 2.05) is 6.07 Å². The number of alkyl halides is 3. The Kier molecular flexibility index (Phi) is 4.92. The maximum absolute atomic E-state index is 13.8. The number of benzene rings is 2. The van der Waals surface area contributed by atoms with Gasteiger partial charge >= 0.3 is 6.18 Å². The second-order valence-corrected chi connectivity index (χ2v) is 7.28. The largest absolute Gasteiger partial charge is 0.507 e. The molecule has 4 rings (SSSR count). The highest BCUT2D eigenvalue weighted by atomic mass is 35.5. The molecule has 2 aromatic carbocycles. The molecule has 0 aliphatic rings. The first kappa shape index (κ1) is 20.8. The van der Waals surface area contributed by atoms with Crippen molar-refractivity contribution in [2.24, 2.45) is 0 Å². The molecule has 0 bridgehead atoms. The summed E-state index contributed by atoms with van der Waals surface area (Å²) < 4.78 is 41.9. The Morgan fingerprint density at radius 3 is 2.45 bits per heavy atom. The van der Waals surface area contributed by atoms with Crippen LogP contribution in [0.2, 0.25) is 10.0 Å². The number of nitrogens with zero attached hydrogens (tertiary/aromatic N) is 3. The van der Waals surface area contributed by atoms with Crippen molar-refractivity contribution in [2.45, 2.75) is 6.18 Å². The van der Waals surface area contributed by atoms with Gasteiger partial charge in [-0.15, -0.1) is 0 Å². The lowest BCUT2D eigenvalue weighted by Crippen LogP contribution is -2.18. The summed E-state index contributed by atoms with van der Waals surface area (Å²) in [5.74, 6) is -0.384. The maximum atomic E-state index is 13.8. The molecule has 2 heterocycles. The molecular weight excluding hydrogens is 456 g/mol. The van der Waals surface area contributed by atoms with Crippen molar-refractivity contribution in [1.82, 2.24) is 14.6 Å². The lowest BCUT2D eigenvalue weighted by atomic mass is 10.0. The van der Waals surface area contributed by atoms with E-state index in [2.05, 4.69) is 10.1 Å². The highest BCUT2D eigenvalue weighted by Crippen LogP contribution is 2.40. The fourth-order valence-corrected chi connectivity index (χ4v) is 3.46. The Balaban J connectivity index is 2.02. The average molecular weight is 465 g/mol. The van der Waals surface area contributed by atoms with Gasteiger partial charge in [-0.05, 0) is 35.9 Å². The van der Waals surface area contributed by atoms with Gasteiger partial charge in [-0.2, -0.15) is 22.9 Å². The summed E-state index contributed by atoms with van der Waals surface area (Å²) in [4.78, 5) is 17.0. The van der Waals surface area contributed by atoms with Crippen LogP contribution in [0.25, 0.3) is 27.9 Å². The smallest absolute Gasteiger partial charge is 0.433 e. The molecule has 0 spiro atoms. The number of nitrogens with one attached hydrogen (secondary N) is 1. The van der Waals surface area contributed by atoms with E-state index in [0.717, 1.165) is 12.3 Å². The van der Waals surface area contributed by atoms with E-state index in [-0.39, 0.29) is 49.3 Å². The van der Waals surface area contributed by atoms with E-state index in [1.54, 1.807) is 0 Å². The summed E-state index contributed by atoms with van der Waals surface area (Å²) >= 11 is 11.8. The highest BCUT2D eigenvalue weighted by molar-refractivity contribution is 6.42. The van der Waals surface area contributed by atoms with Gasteiger partial charge < -0.3 is 5.11 Å². The highest BCUT2D eigenvalue weighted by Gasteiger charge is 2.38. The first-order valence-electron chi connectivity index (χ1n) is 8.51. The normalized spacial score (nSPS) is 11.6. The minimum Gasteiger partial charge on any atom is -0.507 e. The number of phenols is 1. The van der Waals surface area contributed by atoms with Crippen molar-refractivity contribution in [2.75, 3.05) is 0 Å². The third-order valence-corrected chi connectivity index (χ3v) is 5.31. The number of nitriles is 1. The van der Waals surface area contributed by atoms with Crippen molar-refractivity contribution in [3.63, 3.8) is 0 Å². The van der Waals surface area contributed by atoms with Crippen molar-refractivity contribution >= 4 is 28.8 Å². The summed E-state index contributed by atoms with van der Waals surface area (Å²) in [6.07, 6.45) is -3.77. The summed E-state index contributed by atoms with van der Waals surface area (Å²) in [7, 11) is 0. The molecular formula is C20H9Cl2F3N4O2.